The predicted molar refractivity (Wildman–Crippen MR) is 142 cm³/mol. The van der Waals surface area contributed by atoms with Crippen LogP contribution in [-0.4, -0.2) is 151 Å². The minimum Gasteiger partial charge on any atom is -0.394 e. The molecule has 1 saturated carbocycles. The largest absolute Gasteiger partial charge is 0.394 e. The van der Waals surface area contributed by atoms with Gasteiger partial charge in [0.1, 0.15) is 24.4 Å². The van der Waals surface area contributed by atoms with Crippen LogP contribution in [0.2, 0.25) is 0 Å². The first-order chi connectivity index (χ1) is 18.9. The van der Waals surface area contributed by atoms with Gasteiger partial charge in [-0.25, -0.2) is 0 Å². The van der Waals surface area contributed by atoms with E-state index in [4.69, 9.17) is 47.6 Å². The normalized spacial score (nSPS) is 43.5. The van der Waals surface area contributed by atoms with Crippen LogP contribution in [0.1, 0.15) is 25.7 Å². The molecular weight excluding hydrogens is 530 g/mol. The highest BCUT2D eigenvalue weighted by atomic mass is 16.7. The summed E-state index contributed by atoms with van der Waals surface area (Å²) in [7, 11) is 3.54. The number of carbonyl (C=O) groups excluding carboxylic acids is 1. The van der Waals surface area contributed by atoms with Gasteiger partial charge in [-0.3, -0.25) is 4.79 Å². The van der Waals surface area contributed by atoms with Gasteiger partial charge in [-0.2, -0.15) is 0 Å². The summed E-state index contributed by atoms with van der Waals surface area (Å²) < 4.78 is 24.4. The number of ether oxygens (including phenoxy) is 4. The molecule has 2 aliphatic heterocycles. The lowest BCUT2D eigenvalue weighted by Crippen LogP contribution is -2.71. The van der Waals surface area contributed by atoms with Crippen LogP contribution in [-0.2, 0) is 23.7 Å². The molecule has 0 spiro atoms. The molecule has 3 fully saturated rings. The maximum atomic E-state index is 12.8. The van der Waals surface area contributed by atoms with Gasteiger partial charge in [0.05, 0.1) is 49.1 Å². The van der Waals surface area contributed by atoms with Crippen molar-refractivity contribution in [1.29, 1.82) is 0 Å². The van der Waals surface area contributed by atoms with Crippen molar-refractivity contribution in [3.63, 3.8) is 0 Å². The van der Waals surface area contributed by atoms with Crippen LogP contribution >= 0.6 is 0 Å². The van der Waals surface area contributed by atoms with Crippen LogP contribution in [0.25, 0.3) is 0 Å². The van der Waals surface area contributed by atoms with Gasteiger partial charge in [0.25, 0.3) is 0 Å². The highest BCUT2D eigenvalue weighted by Gasteiger charge is 2.52. The fourth-order valence-electron chi connectivity index (χ4n) is 5.61. The second kappa shape index (κ2) is 14.9. The summed E-state index contributed by atoms with van der Waals surface area (Å²) in [6.45, 7) is -0.157. The average molecular weight is 580 g/mol. The third-order valence-corrected chi connectivity index (χ3v) is 7.97. The molecule has 16 nitrogen and oxygen atoms in total. The number of nitrogens with zero attached hydrogens (tertiary/aromatic N) is 1. The van der Waals surface area contributed by atoms with E-state index in [0.717, 1.165) is 0 Å². The lowest BCUT2D eigenvalue weighted by Gasteiger charge is -2.51. The summed E-state index contributed by atoms with van der Waals surface area (Å²) in [4.78, 5) is 14.6. The molecular formula is C24H49N7O9. The van der Waals surface area contributed by atoms with Crippen LogP contribution < -0.4 is 34.0 Å². The second-order valence-corrected chi connectivity index (χ2v) is 11.2. The van der Waals surface area contributed by atoms with Gasteiger partial charge in [-0.15, -0.1) is 0 Å². The molecule has 14 atom stereocenters. The van der Waals surface area contributed by atoms with Crippen molar-refractivity contribution in [3.05, 3.63) is 0 Å². The molecule has 40 heavy (non-hydrogen) atoms. The molecule has 0 aromatic carbocycles. The number of aliphatic hydroxyl groups is 4. The number of likely N-dealkylation sites (N-methyl/N-ethyl adjacent to an activating group) is 1. The fraction of sp³-hybridized carbons (Fsp3) is 0.958. The molecule has 0 aromatic rings. The number of amides is 1. The first-order valence-electron chi connectivity index (χ1n) is 13.8. The van der Waals surface area contributed by atoms with E-state index in [0.29, 0.717) is 19.4 Å². The Morgan fingerprint density at radius 2 is 1.70 bits per heavy atom. The summed E-state index contributed by atoms with van der Waals surface area (Å²) in [6, 6.07) is -3.65. The van der Waals surface area contributed by atoms with Crippen LogP contribution in [0.4, 0.5) is 0 Å². The van der Waals surface area contributed by atoms with Crippen molar-refractivity contribution in [2.45, 2.75) is 111 Å². The number of carbonyl (C=O) groups is 1. The van der Waals surface area contributed by atoms with Crippen LogP contribution in [0, 0.1) is 0 Å². The van der Waals surface area contributed by atoms with Gasteiger partial charge < -0.3 is 78.3 Å². The number of aliphatic hydroxyl groups excluding tert-OH is 4. The van der Waals surface area contributed by atoms with E-state index in [1.165, 1.54) is 0 Å². The smallest absolute Gasteiger partial charge is 0.249 e. The highest BCUT2D eigenvalue weighted by Crippen LogP contribution is 2.33. The zero-order valence-electron chi connectivity index (χ0n) is 23.2. The topological polar surface area (TPSA) is 280 Å². The predicted octanol–water partition coefficient (Wildman–Crippen LogP) is -5.83. The number of hydrogen-bond acceptors (Lipinski definition) is 15. The highest BCUT2D eigenvalue weighted by molar-refractivity contribution is 5.80. The summed E-state index contributed by atoms with van der Waals surface area (Å²) in [5.74, 6) is -0.665. The third-order valence-electron chi connectivity index (χ3n) is 7.97. The van der Waals surface area contributed by atoms with Crippen LogP contribution in [0.3, 0.4) is 0 Å². The lowest BCUT2D eigenvalue weighted by atomic mass is 9.81. The van der Waals surface area contributed by atoms with Crippen LogP contribution in [0.15, 0.2) is 0 Å². The molecule has 0 radical (unpaired) electrons. The Hall–Kier alpha value is -1.09. The molecule has 0 bridgehead atoms. The van der Waals surface area contributed by atoms with Gasteiger partial charge in [0, 0.05) is 12.6 Å². The van der Waals surface area contributed by atoms with E-state index < -0.39 is 91.9 Å². The van der Waals surface area contributed by atoms with Crippen molar-refractivity contribution >= 4 is 5.91 Å². The lowest BCUT2D eigenvalue weighted by molar-refractivity contribution is -0.307. The number of nitrogens with two attached hydrogens (primary N) is 5. The molecule has 234 valence electrons. The summed E-state index contributed by atoms with van der Waals surface area (Å²) >= 11 is 0. The van der Waals surface area contributed by atoms with E-state index >= 15 is 0 Å². The molecule has 1 aliphatic carbocycles. The van der Waals surface area contributed by atoms with Crippen molar-refractivity contribution in [3.8, 4) is 0 Å². The van der Waals surface area contributed by atoms with E-state index in [1.807, 2.05) is 0 Å². The van der Waals surface area contributed by atoms with Gasteiger partial charge >= 0.3 is 0 Å². The Balaban J connectivity index is 1.92. The quantitative estimate of drug-likeness (QED) is 0.109. The van der Waals surface area contributed by atoms with E-state index in [2.05, 4.69) is 5.32 Å². The first-order valence-corrected chi connectivity index (χ1v) is 13.8. The second-order valence-electron chi connectivity index (χ2n) is 11.2. The van der Waals surface area contributed by atoms with Crippen molar-refractivity contribution in [2.75, 3.05) is 33.8 Å². The molecule has 6 unspecified atom stereocenters. The molecule has 3 rings (SSSR count). The Kier molecular flexibility index (Phi) is 12.4. The van der Waals surface area contributed by atoms with Gasteiger partial charge in [0.15, 0.2) is 12.6 Å². The summed E-state index contributed by atoms with van der Waals surface area (Å²) in [6.07, 6.45) is -7.75. The first kappa shape index (κ1) is 33.4. The standard InChI is InChI=1S/C24H49N7O9/c1-31(2)17-20(39-23-11(27)4-3-10(8-26)37-23)12(28)7-13(30-22(36)14(33)5-6-25)21(17)40-24-19(35)16(29)18(34)15(9-32)38-24/h10-21,23-24,32-35H,3-9,25-29H2,1-2H3,(H,30,36)/t10?,11?,12-,13+,14-,15?,16-,17?,18+,19?,20?,21-,23+,24+/m0/s1. The number of rotatable bonds is 11. The van der Waals surface area contributed by atoms with Crippen molar-refractivity contribution in [2.24, 2.45) is 28.7 Å². The van der Waals surface area contributed by atoms with Crippen molar-refractivity contribution in [1.82, 2.24) is 10.2 Å². The maximum Gasteiger partial charge on any atom is 0.249 e. The molecule has 2 saturated heterocycles. The third kappa shape index (κ3) is 7.64. The molecule has 0 aromatic heterocycles. The Morgan fingerprint density at radius 1 is 1.02 bits per heavy atom. The number of nitrogens with one attached hydrogen (secondary N) is 1. The summed E-state index contributed by atoms with van der Waals surface area (Å²) in [5, 5.41) is 43.8. The monoisotopic (exact) mass is 579 g/mol. The van der Waals surface area contributed by atoms with Gasteiger partial charge in [-0.1, -0.05) is 0 Å². The molecule has 2 heterocycles. The SMILES string of the molecule is CN(C)C1C(O[C@H]2OC(CN)CCC2N)[C@@H](N)C[C@@H](NC(=O)[C@@H](O)CCN)[C@@H]1O[C@H]1OC(CO)[C@@H](O)[C@H](N)C1O. The fourth-order valence-corrected chi connectivity index (χ4v) is 5.61. The van der Waals surface area contributed by atoms with E-state index in [1.54, 1.807) is 19.0 Å². The zero-order valence-corrected chi connectivity index (χ0v) is 23.2. The molecule has 16 heteroatoms. The van der Waals surface area contributed by atoms with Crippen LogP contribution in [0.5, 0.6) is 0 Å². The van der Waals surface area contributed by atoms with E-state index in [-0.39, 0.29) is 25.5 Å². The van der Waals surface area contributed by atoms with E-state index in [9.17, 15) is 25.2 Å². The van der Waals surface area contributed by atoms with Gasteiger partial charge in [-0.05, 0) is 46.3 Å². The van der Waals surface area contributed by atoms with Gasteiger partial charge in [0.2, 0.25) is 5.91 Å². The molecule has 15 N–H and O–H groups in total. The summed E-state index contributed by atoms with van der Waals surface area (Å²) in [5.41, 5.74) is 30.2. The maximum absolute atomic E-state index is 12.8. The minimum absolute atomic E-state index is 0.0492. The Morgan fingerprint density at radius 3 is 2.30 bits per heavy atom. The minimum atomic E-state index is -1.46. The molecule has 1 amide bonds. The Labute approximate surface area is 234 Å². The zero-order chi connectivity index (χ0) is 29.7. The Bertz CT molecular complexity index is 800. The number of hydrogen-bond donors (Lipinski definition) is 10. The average Bonchev–Trinajstić information content (AvgIpc) is 2.92. The van der Waals surface area contributed by atoms with Crippen molar-refractivity contribution < 1.29 is 44.2 Å². The molecule has 3 aliphatic rings.